The molecule has 0 spiro atoms. The maximum absolute atomic E-state index is 12.4. The van der Waals surface area contributed by atoms with E-state index < -0.39 is 0 Å². The van der Waals surface area contributed by atoms with Gasteiger partial charge in [0.15, 0.2) is 0 Å². The molecule has 0 saturated carbocycles. The van der Waals surface area contributed by atoms with Crippen molar-refractivity contribution in [1.82, 2.24) is 4.90 Å². The van der Waals surface area contributed by atoms with Gasteiger partial charge in [-0.3, -0.25) is 4.79 Å². The van der Waals surface area contributed by atoms with Gasteiger partial charge in [-0.2, -0.15) is 0 Å². The number of rotatable bonds is 6. The summed E-state index contributed by atoms with van der Waals surface area (Å²) in [5.74, 6) is 0.0831. The Labute approximate surface area is 147 Å². The first kappa shape index (κ1) is 16.9. The number of para-hydroxylation sites is 2. The third-order valence-corrected chi connectivity index (χ3v) is 5.32. The van der Waals surface area contributed by atoms with Crippen molar-refractivity contribution in [1.29, 1.82) is 0 Å². The van der Waals surface area contributed by atoms with Crippen LogP contribution in [-0.4, -0.2) is 42.2 Å². The molecule has 24 heavy (non-hydrogen) atoms. The highest BCUT2D eigenvalue weighted by Crippen LogP contribution is 2.47. The zero-order valence-electron chi connectivity index (χ0n) is 13.8. The summed E-state index contributed by atoms with van der Waals surface area (Å²) in [4.78, 5) is 18.8. The highest BCUT2D eigenvalue weighted by molar-refractivity contribution is 7.99. The molecule has 0 unspecified atom stereocenters. The maximum atomic E-state index is 12.4. The highest BCUT2D eigenvalue weighted by atomic mass is 32.2. The largest absolute Gasteiger partial charge is 0.395 e. The number of anilines is 2. The Morgan fingerprint density at radius 2 is 1.67 bits per heavy atom. The number of hydrogen-bond acceptors (Lipinski definition) is 4. The van der Waals surface area contributed by atoms with Gasteiger partial charge in [0.05, 0.1) is 18.0 Å². The number of hydrogen-bond donors (Lipinski definition) is 1. The van der Waals surface area contributed by atoms with Crippen molar-refractivity contribution in [2.24, 2.45) is 0 Å². The standard InChI is InChI=1S/C19H22N2O2S/c1-2-20(13-14-22)19(23)11-12-21-15-7-3-5-9-17(15)24-18-10-6-4-8-16(18)21/h3-10,22H,2,11-14H2,1H3. The van der Waals surface area contributed by atoms with Crippen LogP contribution < -0.4 is 4.90 Å². The van der Waals surface area contributed by atoms with Gasteiger partial charge in [-0.15, -0.1) is 0 Å². The van der Waals surface area contributed by atoms with E-state index in [1.807, 2.05) is 31.2 Å². The molecule has 0 atom stereocenters. The number of amides is 1. The average Bonchev–Trinajstić information content (AvgIpc) is 2.62. The van der Waals surface area contributed by atoms with Crippen LogP contribution in [0.1, 0.15) is 13.3 Å². The Bertz CT molecular complexity index is 675. The van der Waals surface area contributed by atoms with Crippen LogP contribution in [0, 0.1) is 0 Å². The van der Waals surface area contributed by atoms with Gasteiger partial charge in [0, 0.05) is 35.8 Å². The first-order valence-corrected chi connectivity index (χ1v) is 9.08. The number of fused-ring (bicyclic) bond motifs is 2. The van der Waals surface area contributed by atoms with Gasteiger partial charge >= 0.3 is 0 Å². The quantitative estimate of drug-likeness (QED) is 0.872. The fourth-order valence-electron chi connectivity index (χ4n) is 2.97. The average molecular weight is 342 g/mol. The van der Waals surface area contributed by atoms with Crippen LogP contribution in [0.5, 0.6) is 0 Å². The Morgan fingerprint density at radius 3 is 2.21 bits per heavy atom. The van der Waals surface area contributed by atoms with E-state index in [1.54, 1.807) is 16.7 Å². The van der Waals surface area contributed by atoms with Gasteiger partial charge in [0.1, 0.15) is 0 Å². The molecule has 1 aliphatic rings. The van der Waals surface area contributed by atoms with Gasteiger partial charge in [-0.1, -0.05) is 36.0 Å². The normalized spacial score (nSPS) is 12.5. The molecule has 0 aliphatic carbocycles. The lowest BCUT2D eigenvalue weighted by Gasteiger charge is -2.33. The Morgan fingerprint density at radius 1 is 1.08 bits per heavy atom. The van der Waals surface area contributed by atoms with E-state index in [4.69, 9.17) is 5.11 Å². The van der Waals surface area contributed by atoms with Crippen LogP contribution in [0.3, 0.4) is 0 Å². The summed E-state index contributed by atoms with van der Waals surface area (Å²) in [6.07, 6.45) is 0.432. The van der Waals surface area contributed by atoms with Crippen LogP contribution in [0.15, 0.2) is 58.3 Å². The summed E-state index contributed by atoms with van der Waals surface area (Å²) in [6, 6.07) is 16.6. The molecule has 0 bridgehead atoms. The predicted molar refractivity (Wildman–Crippen MR) is 98.0 cm³/mol. The Kier molecular flexibility index (Phi) is 5.43. The summed E-state index contributed by atoms with van der Waals surface area (Å²) >= 11 is 1.77. The van der Waals surface area contributed by atoms with Crippen molar-refractivity contribution >= 4 is 29.0 Å². The number of aliphatic hydroxyl groups is 1. The molecular formula is C19H22N2O2S. The fourth-order valence-corrected chi connectivity index (χ4v) is 4.06. The lowest BCUT2D eigenvalue weighted by atomic mass is 10.2. The molecule has 0 fully saturated rings. The fraction of sp³-hybridized carbons (Fsp3) is 0.316. The van der Waals surface area contributed by atoms with Gasteiger partial charge in [-0.25, -0.2) is 0 Å². The van der Waals surface area contributed by atoms with E-state index in [-0.39, 0.29) is 12.5 Å². The topological polar surface area (TPSA) is 43.8 Å². The number of nitrogens with zero attached hydrogens (tertiary/aromatic N) is 2. The first-order chi connectivity index (χ1) is 11.7. The van der Waals surface area contributed by atoms with Crippen molar-refractivity contribution in [3.05, 3.63) is 48.5 Å². The van der Waals surface area contributed by atoms with Crippen molar-refractivity contribution in [2.45, 2.75) is 23.1 Å². The molecular weight excluding hydrogens is 320 g/mol. The van der Waals surface area contributed by atoms with Crippen molar-refractivity contribution < 1.29 is 9.90 Å². The summed E-state index contributed by atoms with van der Waals surface area (Å²) in [6.45, 7) is 3.61. The minimum Gasteiger partial charge on any atom is -0.395 e. The highest BCUT2D eigenvalue weighted by Gasteiger charge is 2.23. The van der Waals surface area contributed by atoms with E-state index in [2.05, 4.69) is 29.2 Å². The molecule has 0 aromatic heterocycles. The predicted octanol–water partition coefficient (Wildman–Crippen LogP) is 3.52. The lowest BCUT2D eigenvalue weighted by Crippen LogP contribution is -2.35. The number of carbonyl (C=O) groups is 1. The Balaban J connectivity index is 1.81. The third-order valence-electron chi connectivity index (χ3n) is 4.19. The third kappa shape index (κ3) is 3.42. The van der Waals surface area contributed by atoms with Gasteiger partial charge in [0.25, 0.3) is 0 Å². The van der Waals surface area contributed by atoms with Crippen LogP contribution >= 0.6 is 11.8 Å². The molecule has 1 N–H and O–H groups in total. The molecule has 1 aliphatic heterocycles. The smallest absolute Gasteiger partial charge is 0.224 e. The molecule has 5 heteroatoms. The zero-order valence-corrected chi connectivity index (χ0v) is 14.6. The first-order valence-electron chi connectivity index (χ1n) is 8.26. The minimum atomic E-state index is 0.00556. The van der Waals surface area contributed by atoms with E-state index in [9.17, 15) is 4.79 Å². The number of benzene rings is 2. The number of carbonyl (C=O) groups excluding carboxylic acids is 1. The van der Waals surface area contributed by atoms with Crippen molar-refractivity contribution in [2.75, 3.05) is 31.1 Å². The van der Waals surface area contributed by atoms with Crippen molar-refractivity contribution in [3.8, 4) is 0 Å². The maximum Gasteiger partial charge on any atom is 0.224 e. The van der Waals surface area contributed by atoms with Gasteiger partial charge in [-0.05, 0) is 31.2 Å². The molecule has 1 amide bonds. The van der Waals surface area contributed by atoms with Gasteiger partial charge in [0.2, 0.25) is 5.91 Å². The second-order valence-corrected chi connectivity index (χ2v) is 6.72. The summed E-state index contributed by atoms with van der Waals surface area (Å²) in [5, 5.41) is 9.09. The number of aliphatic hydroxyl groups excluding tert-OH is 1. The summed E-state index contributed by atoms with van der Waals surface area (Å²) in [5.41, 5.74) is 2.30. The Hall–Kier alpha value is -1.98. The second kappa shape index (κ2) is 7.73. The summed E-state index contributed by atoms with van der Waals surface area (Å²) in [7, 11) is 0. The minimum absolute atomic E-state index is 0.00556. The second-order valence-electron chi connectivity index (χ2n) is 5.64. The van der Waals surface area contributed by atoms with E-state index in [0.717, 1.165) is 11.4 Å². The molecule has 4 nitrogen and oxygen atoms in total. The molecule has 2 aromatic rings. The summed E-state index contributed by atoms with van der Waals surface area (Å²) < 4.78 is 0. The SMILES string of the molecule is CCN(CCO)C(=O)CCN1c2ccccc2Sc2ccccc21. The molecule has 3 rings (SSSR count). The van der Waals surface area contributed by atoms with Crippen LogP contribution in [0.2, 0.25) is 0 Å². The van der Waals surface area contributed by atoms with Crippen molar-refractivity contribution in [3.63, 3.8) is 0 Å². The van der Waals surface area contributed by atoms with E-state index in [1.165, 1.54) is 9.79 Å². The van der Waals surface area contributed by atoms with E-state index in [0.29, 0.717) is 26.1 Å². The molecule has 1 heterocycles. The lowest BCUT2D eigenvalue weighted by molar-refractivity contribution is -0.131. The molecule has 0 radical (unpaired) electrons. The monoisotopic (exact) mass is 342 g/mol. The molecule has 0 saturated heterocycles. The van der Waals surface area contributed by atoms with Crippen LogP contribution in [0.4, 0.5) is 11.4 Å². The van der Waals surface area contributed by atoms with Crippen LogP contribution in [-0.2, 0) is 4.79 Å². The molecule has 126 valence electrons. The van der Waals surface area contributed by atoms with E-state index >= 15 is 0 Å². The molecule has 2 aromatic carbocycles. The number of likely N-dealkylation sites (N-methyl/N-ethyl adjacent to an activating group) is 1. The zero-order chi connectivity index (χ0) is 16.9. The van der Waals surface area contributed by atoms with Crippen LogP contribution in [0.25, 0.3) is 0 Å². The van der Waals surface area contributed by atoms with Gasteiger partial charge < -0.3 is 14.9 Å².